The van der Waals surface area contributed by atoms with Crippen molar-refractivity contribution in [3.63, 3.8) is 0 Å². The maximum atomic E-state index is 10.7. The van der Waals surface area contributed by atoms with E-state index in [0.717, 1.165) is 4.48 Å². The van der Waals surface area contributed by atoms with Crippen molar-refractivity contribution in [1.82, 2.24) is 5.32 Å². The van der Waals surface area contributed by atoms with Crippen molar-refractivity contribution in [2.45, 2.75) is 6.42 Å². The summed E-state index contributed by atoms with van der Waals surface area (Å²) in [4.78, 5) is 10.7. The van der Waals surface area contributed by atoms with Crippen LogP contribution in [0.15, 0.2) is 11.1 Å². The summed E-state index contributed by atoms with van der Waals surface area (Å²) in [6.45, 7) is 4.02. The van der Waals surface area contributed by atoms with Gasteiger partial charge < -0.3 is 5.32 Å². The Balaban J connectivity index is 3.30. The first-order valence-corrected chi connectivity index (χ1v) is 4.15. The van der Waals surface area contributed by atoms with Crippen LogP contribution < -0.4 is 5.32 Å². The molecule has 0 radical (unpaired) electrons. The van der Waals surface area contributed by atoms with Crippen LogP contribution >= 0.6 is 27.5 Å². The molecule has 2 nitrogen and oxygen atoms in total. The molecule has 0 aromatic rings. The van der Waals surface area contributed by atoms with Crippen LogP contribution in [-0.2, 0) is 4.79 Å². The number of alkyl halides is 1. The number of nitrogens with one attached hydrogen (secondary N) is 1. The molecule has 0 aliphatic heterocycles. The van der Waals surface area contributed by atoms with E-state index in [9.17, 15) is 4.79 Å². The van der Waals surface area contributed by atoms with E-state index >= 15 is 0 Å². The SMILES string of the molecule is C=C(Br)CNC(=O)CCCl. The zero-order valence-electron chi connectivity index (χ0n) is 5.49. The Labute approximate surface area is 73.8 Å². The van der Waals surface area contributed by atoms with E-state index in [1.165, 1.54) is 0 Å². The lowest BCUT2D eigenvalue weighted by Gasteiger charge is -2.00. The van der Waals surface area contributed by atoms with E-state index in [-0.39, 0.29) is 5.91 Å². The van der Waals surface area contributed by atoms with Crippen LogP contribution in [0.3, 0.4) is 0 Å². The van der Waals surface area contributed by atoms with Gasteiger partial charge in [0, 0.05) is 23.3 Å². The molecule has 0 atom stereocenters. The van der Waals surface area contributed by atoms with Gasteiger partial charge in [0.05, 0.1) is 0 Å². The quantitative estimate of drug-likeness (QED) is 0.726. The summed E-state index contributed by atoms with van der Waals surface area (Å²) in [6.07, 6.45) is 0.363. The van der Waals surface area contributed by atoms with Crippen molar-refractivity contribution in [2.75, 3.05) is 12.4 Å². The van der Waals surface area contributed by atoms with Gasteiger partial charge in [-0.15, -0.1) is 11.6 Å². The monoisotopic (exact) mass is 225 g/mol. The van der Waals surface area contributed by atoms with Crippen molar-refractivity contribution in [1.29, 1.82) is 0 Å². The van der Waals surface area contributed by atoms with Crippen molar-refractivity contribution in [2.24, 2.45) is 0 Å². The van der Waals surface area contributed by atoms with E-state index in [0.29, 0.717) is 18.8 Å². The van der Waals surface area contributed by atoms with Gasteiger partial charge in [-0.3, -0.25) is 4.79 Å². The highest BCUT2D eigenvalue weighted by atomic mass is 79.9. The second kappa shape index (κ2) is 5.74. The van der Waals surface area contributed by atoms with Gasteiger partial charge in [-0.2, -0.15) is 0 Å². The van der Waals surface area contributed by atoms with Gasteiger partial charge in [0.1, 0.15) is 0 Å². The fourth-order valence-electron chi connectivity index (χ4n) is 0.369. The molecule has 58 valence electrons. The van der Waals surface area contributed by atoms with Crippen LogP contribution in [0.25, 0.3) is 0 Å². The first kappa shape index (κ1) is 9.98. The Kier molecular flexibility index (Phi) is 5.73. The van der Waals surface area contributed by atoms with E-state index in [4.69, 9.17) is 11.6 Å². The maximum absolute atomic E-state index is 10.7. The lowest BCUT2D eigenvalue weighted by atomic mass is 10.4. The molecule has 0 aromatic heterocycles. The third-order valence-corrected chi connectivity index (χ3v) is 1.27. The maximum Gasteiger partial charge on any atom is 0.221 e. The van der Waals surface area contributed by atoms with Gasteiger partial charge in [-0.1, -0.05) is 22.5 Å². The summed E-state index contributed by atoms with van der Waals surface area (Å²) in [6, 6.07) is 0. The molecule has 4 heteroatoms. The molecule has 0 saturated heterocycles. The van der Waals surface area contributed by atoms with Crippen LogP contribution in [0.4, 0.5) is 0 Å². The molecule has 0 unspecified atom stereocenters. The van der Waals surface area contributed by atoms with E-state index < -0.39 is 0 Å². The predicted octanol–water partition coefficient (Wildman–Crippen LogP) is 1.64. The number of rotatable bonds is 4. The minimum Gasteiger partial charge on any atom is -0.351 e. The van der Waals surface area contributed by atoms with Crippen molar-refractivity contribution in [3.8, 4) is 0 Å². The Morgan fingerprint density at radius 2 is 2.30 bits per heavy atom. The zero-order chi connectivity index (χ0) is 7.98. The first-order valence-electron chi connectivity index (χ1n) is 2.82. The topological polar surface area (TPSA) is 29.1 Å². The number of carbonyl (C=O) groups excluding carboxylic acids is 1. The highest BCUT2D eigenvalue weighted by Crippen LogP contribution is 1.96. The molecule has 0 heterocycles. The summed E-state index contributed by atoms with van der Waals surface area (Å²) in [5, 5.41) is 2.61. The number of carbonyl (C=O) groups is 1. The van der Waals surface area contributed by atoms with Crippen molar-refractivity contribution < 1.29 is 4.79 Å². The third-order valence-electron chi connectivity index (χ3n) is 0.799. The molecule has 0 aromatic carbocycles. The lowest BCUT2D eigenvalue weighted by molar-refractivity contribution is -0.120. The Bertz CT molecular complexity index is 138. The van der Waals surface area contributed by atoms with Gasteiger partial charge in [0.15, 0.2) is 0 Å². The minimum atomic E-state index is -0.0457. The van der Waals surface area contributed by atoms with Crippen LogP contribution in [-0.4, -0.2) is 18.3 Å². The van der Waals surface area contributed by atoms with Gasteiger partial charge in [-0.25, -0.2) is 0 Å². The molecule has 0 rings (SSSR count). The van der Waals surface area contributed by atoms with Gasteiger partial charge >= 0.3 is 0 Å². The second-order valence-corrected chi connectivity index (χ2v) is 3.23. The summed E-state index contributed by atoms with van der Waals surface area (Å²) in [5.41, 5.74) is 0. The molecule has 0 bridgehead atoms. The number of halogens is 2. The molecule has 0 saturated carbocycles. The normalized spacial score (nSPS) is 9.00. The standard InChI is InChI=1S/C6H9BrClNO/c1-5(7)4-9-6(10)2-3-8/h1-4H2,(H,9,10). The molecule has 0 aliphatic rings. The molecule has 10 heavy (non-hydrogen) atoms. The van der Waals surface area contributed by atoms with Gasteiger partial charge in [-0.05, 0) is 0 Å². The molecule has 1 amide bonds. The fourth-order valence-corrected chi connectivity index (χ4v) is 0.681. The molecule has 0 fully saturated rings. The summed E-state index contributed by atoms with van der Waals surface area (Å²) < 4.78 is 0.760. The third kappa shape index (κ3) is 6.11. The number of amides is 1. The fraction of sp³-hybridized carbons (Fsp3) is 0.500. The predicted molar refractivity (Wildman–Crippen MR) is 46.4 cm³/mol. The highest BCUT2D eigenvalue weighted by molar-refractivity contribution is 9.11. The molecular weight excluding hydrogens is 217 g/mol. The average molecular weight is 227 g/mol. The Hall–Kier alpha value is -0.0200. The average Bonchev–Trinajstić information content (AvgIpc) is 1.85. The molecule has 1 N–H and O–H groups in total. The van der Waals surface area contributed by atoms with Crippen LogP contribution in [0, 0.1) is 0 Å². The summed E-state index contributed by atoms with van der Waals surface area (Å²) >= 11 is 8.43. The van der Waals surface area contributed by atoms with E-state index in [1.54, 1.807) is 0 Å². The van der Waals surface area contributed by atoms with Crippen LogP contribution in [0.2, 0.25) is 0 Å². The van der Waals surface area contributed by atoms with E-state index in [1.807, 2.05) is 0 Å². The molecular formula is C6H9BrClNO. The highest BCUT2D eigenvalue weighted by Gasteiger charge is 1.97. The smallest absolute Gasteiger partial charge is 0.221 e. The lowest BCUT2D eigenvalue weighted by Crippen LogP contribution is -2.24. The van der Waals surface area contributed by atoms with Crippen molar-refractivity contribution in [3.05, 3.63) is 11.1 Å². The first-order chi connectivity index (χ1) is 4.66. The minimum absolute atomic E-state index is 0.0457. The van der Waals surface area contributed by atoms with Crippen LogP contribution in [0.1, 0.15) is 6.42 Å². The Morgan fingerprint density at radius 3 is 2.70 bits per heavy atom. The van der Waals surface area contributed by atoms with Gasteiger partial charge in [0.2, 0.25) is 5.91 Å². The zero-order valence-corrected chi connectivity index (χ0v) is 7.83. The summed E-state index contributed by atoms with van der Waals surface area (Å²) in [7, 11) is 0. The van der Waals surface area contributed by atoms with Gasteiger partial charge in [0.25, 0.3) is 0 Å². The number of hydrogen-bond acceptors (Lipinski definition) is 1. The summed E-state index contributed by atoms with van der Waals surface area (Å²) in [5.74, 6) is 0.316. The van der Waals surface area contributed by atoms with E-state index in [2.05, 4.69) is 27.8 Å². The van der Waals surface area contributed by atoms with Crippen molar-refractivity contribution >= 4 is 33.4 Å². The number of hydrogen-bond donors (Lipinski definition) is 1. The largest absolute Gasteiger partial charge is 0.351 e. The molecule has 0 spiro atoms. The Morgan fingerprint density at radius 1 is 1.70 bits per heavy atom. The van der Waals surface area contributed by atoms with Crippen LogP contribution in [0.5, 0.6) is 0 Å². The molecule has 0 aliphatic carbocycles. The second-order valence-electron chi connectivity index (χ2n) is 1.73.